The summed E-state index contributed by atoms with van der Waals surface area (Å²) in [6.07, 6.45) is 0.855. The van der Waals surface area contributed by atoms with E-state index in [2.05, 4.69) is 27.8 Å². The second-order valence-corrected chi connectivity index (χ2v) is 6.02. The van der Waals surface area contributed by atoms with E-state index < -0.39 is 0 Å². The first-order valence-electron chi connectivity index (χ1n) is 7.90. The number of carbonyl (C=O) groups excluding carboxylic acids is 1. The van der Waals surface area contributed by atoms with Crippen molar-refractivity contribution < 1.29 is 4.79 Å². The molecule has 3 N–H and O–H groups in total. The van der Waals surface area contributed by atoms with Crippen LogP contribution in [-0.2, 0) is 6.42 Å². The summed E-state index contributed by atoms with van der Waals surface area (Å²) in [5, 5.41) is 7.55. The van der Waals surface area contributed by atoms with Crippen molar-refractivity contribution in [3.63, 3.8) is 0 Å². The van der Waals surface area contributed by atoms with Crippen molar-refractivity contribution in [2.24, 2.45) is 0 Å². The molecule has 0 radical (unpaired) electrons. The number of H-pyrrole nitrogens is 1. The average Bonchev–Trinajstić information content (AvgIpc) is 3.15. The number of benzene rings is 2. The molecule has 3 aromatic rings. The van der Waals surface area contributed by atoms with Gasteiger partial charge in [-0.3, -0.25) is 4.79 Å². The molecule has 24 heavy (non-hydrogen) atoms. The molecule has 2 atom stereocenters. The predicted octanol–water partition coefficient (Wildman–Crippen LogP) is 3.20. The smallest absolute Gasteiger partial charge is 0.268 e. The Morgan fingerprint density at radius 3 is 2.67 bits per heavy atom. The van der Waals surface area contributed by atoms with E-state index >= 15 is 0 Å². The molecule has 0 fully saturated rings. The van der Waals surface area contributed by atoms with Crippen molar-refractivity contribution >= 4 is 29.2 Å². The molecule has 1 aliphatic carbocycles. The third-order valence-electron chi connectivity index (χ3n) is 4.63. The zero-order chi connectivity index (χ0) is 15.8. The van der Waals surface area contributed by atoms with Gasteiger partial charge in [0.15, 0.2) is 0 Å². The number of hydrogen-bond donors (Lipinski definition) is 3. The second kappa shape index (κ2) is 6.67. The summed E-state index contributed by atoms with van der Waals surface area (Å²) in [4.78, 5) is 15.8. The summed E-state index contributed by atoms with van der Waals surface area (Å²) in [5.41, 5.74) is 4.17. The molecule has 0 spiro atoms. The number of para-hydroxylation sites is 1. The maximum absolute atomic E-state index is 12.6. The van der Waals surface area contributed by atoms with Gasteiger partial charge in [-0.05, 0) is 36.7 Å². The van der Waals surface area contributed by atoms with Gasteiger partial charge in [0.1, 0.15) is 5.69 Å². The van der Waals surface area contributed by atoms with Crippen LogP contribution < -0.4 is 10.6 Å². The molecule has 1 aliphatic rings. The molecular formula is C19H20ClN3O. The zero-order valence-electron chi connectivity index (χ0n) is 13.4. The first-order chi connectivity index (χ1) is 11.3. The van der Waals surface area contributed by atoms with Gasteiger partial charge in [0, 0.05) is 10.9 Å². The largest absolute Gasteiger partial charge is 0.351 e. The van der Waals surface area contributed by atoms with Gasteiger partial charge in [0.05, 0.1) is 12.1 Å². The Morgan fingerprint density at radius 1 is 1.12 bits per heavy atom. The fourth-order valence-electron chi connectivity index (χ4n) is 3.53. The quantitative estimate of drug-likeness (QED) is 0.685. The lowest BCUT2D eigenvalue weighted by Gasteiger charge is -2.21. The Bertz CT molecular complexity index is 841. The van der Waals surface area contributed by atoms with Crippen molar-refractivity contribution in [2.75, 3.05) is 7.05 Å². The molecular weight excluding hydrogens is 322 g/mol. The number of rotatable bonds is 3. The van der Waals surface area contributed by atoms with Crippen molar-refractivity contribution in [3.05, 3.63) is 71.4 Å². The van der Waals surface area contributed by atoms with E-state index in [1.807, 2.05) is 49.5 Å². The number of hydrogen-bond acceptors (Lipinski definition) is 2. The summed E-state index contributed by atoms with van der Waals surface area (Å²) < 4.78 is 0. The summed E-state index contributed by atoms with van der Waals surface area (Å²) in [7, 11) is 1.94. The predicted molar refractivity (Wildman–Crippen MR) is 98.7 cm³/mol. The molecule has 0 bridgehead atoms. The lowest BCUT2D eigenvalue weighted by molar-refractivity contribution is 0.0926. The molecule has 1 aromatic heterocycles. The third-order valence-corrected chi connectivity index (χ3v) is 4.63. The molecule has 0 saturated heterocycles. The van der Waals surface area contributed by atoms with Gasteiger partial charge in [0.25, 0.3) is 5.91 Å². The number of fused-ring (bicyclic) bond motifs is 2. The molecule has 5 heteroatoms. The zero-order valence-corrected chi connectivity index (χ0v) is 14.2. The fraction of sp³-hybridized carbons (Fsp3) is 0.211. The standard InChI is InChI=1S/C19H19N3O.ClH/c1-20-18-14-8-4-2-6-12(14)10-16(18)22-19(23)17-11-13-7-3-5-9-15(13)21-17;/h2-9,11,16,18,20-21H,10H2,1H3,(H,22,23);1H/t16-,18-;/m1./s1. The minimum Gasteiger partial charge on any atom is -0.351 e. The highest BCUT2D eigenvalue weighted by molar-refractivity contribution is 5.98. The maximum Gasteiger partial charge on any atom is 0.268 e. The van der Waals surface area contributed by atoms with E-state index in [0.717, 1.165) is 17.3 Å². The molecule has 4 rings (SSSR count). The molecule has 124 valence electrons. The minimum atomic E-state index is -0.0562. The van der Waals surface area contributed by atoms with Gasteiger partial charge < -0.3 is 15.6 Å². The SMILES string of the molecule is CN[C@@H]1c2ccccc2C[C@H]1NC(=O)c1cc2ccccc2[nH]1.Cl. The van der Waals surface area contributed by atoms with Gasteiger partial charge in [-0.2, -0.15) is 0 Å². The van der Waals surface area contributed by atoms with Crippen molar-refractivity contribution in [1.29, 1.82) is 0 Å². The van der Waals surface area contributed by atoms with Crippen LogP contribution in [0.15, 0.2) is 54.6 Å². The van der Waals surface area contributed by atoms with Crippen LogP contribution >= 0.6 is 12.4 Å². The van der Waals surface area contributed by atoms with Crippen LogP contribution in [0.1, 0.15) is 27.7 Å². The number of aromatic amines is 1. The van der Waals surface area contributed by atoms with Crippen LogP contribution in [-0.4, -0.2) is 24.0 Å². The average molecular weight is 342 g/mol. The number of halogens is 1. The van der Waals surface area contributed by atoms with Crippen LogP contribution in [0.25, 0.3) is 10.9 Å². The van der Waals surface area contributed by atoms with Crippen molar-refractivity contribution in [1.82, 2.24) is 15.6 Å². The van der Waals surface area contributed by atoms with Gasteiger partial charge in [-0.1, -0.05) is 42.5 Å². The number of likely N-dealkylation sites (N-methyl/N-ethyl adjacent to an activating group) is 1. The Labute approximate surface area is 147 Å². The Balaban J connectivity index is 0.00000169. The highest BCUT2D eigenvalue weighted by Gasteiger charge is 2.32. The van der Waals surface area contributed by atoms with Crippen molar-refractivity contribution in [3.8, 4) is 0 Å². The molecule has 2 aromatic carbocycles. The van der Waals surface area contributed by atoms with Crippen LogP contribution in [0.2, 0.25) is 0 Å². The lowest BCUT2D eigenvalue weighted by Crippen LogP contribution is -2.41. The normalized spacial score (nSPS) is 18.9. The number of nitrogens with one attached hydrogen (secondary N) is 3. The van der Waals surface area contributed by atoms with Crippen LogP contribution in [0.5, 0.6) is 0 Å². The maximum atomic E-state index is 12.6. The lowest BCUT2D eigenvalue weighted by atomic mass is 10.1. The van der Waals surface area contributed by atoms with Crippen LogP contribution in [0, 0.1) is 0 Å². The highest BCUT2D eigenvalue weighted by atomic mass is 35.5. The highest BCUT2D eigenvalue weighted by Crippen LogP contribution is 2.31. The Morgan fingerprint density at radius 2 is 1.88 bits per heavy atom. The molecule has 0 saturated carbocycles. The summed E-state index contributed by atoms with van der Waals surface area (Å²) in [6.45, 7) is 0. The molecule has 1 amide bonds. The van der Waals surface area contributed by atoms with Gasteiger partial charge in [-0.25, -0.2) is 0 Å². The summed E-state index contributed by atoms with van der Waals surface area (Å²) in [5.74, 6) is -0.0562. The van der Waals surface area contributed by atoms with E-state index in [4.69, 9.17) is 0 Å². The van der Waals surface area contributed by atoms with Gasteiger partial charge in [-0.15, -0.1) is 12.4 Å². The fourth-order valence-corrected chi connectivity index (χ4v) is 3.53. The third kappa shape index (κ3) is 2.79. The first-order valence-corrected chi connectivity index (χ1v) is 7.90. The summed E-state index contributed by atoms with van der Waals surface area (Å²) in [6, 6.07) is 18.4. The first kappa shape index (κ1) is 16.6. The van der Waals surface area contributed by atoms with E-state index in [0.29, 0.717) is 5.69 Å². The van der Waals surface area contributed by atoms with Gasteiger partial charge in [0.2, 0.25) is 0 Å². The molecule has 4 nitrogen and oxygen atoms in total. The molecule has 0 unspecified atom stereocenters. The van der Waals surface area contributed by atoms with E-state index in [1.165, 1.54) is 11.1 Å². The molecule has 0 aliphatic heterocycles. The summed E-state index contributed by atoms with van der Waals surface area (Å²) >= 11 is 0. The van der Waals surface area contributed by atoms with E-state index in [1.54, 1.807) is 0 Å². The Hall–Kier alpha value is -2.30. The monoisotopic (exact) mass is 341 g/mol. The molecule has 1 heterocycles. The number of aromatic nitrogens is 1. The van der Waals surface area contributed by atoms with E-state index in [-0.39, 0.29) is 30.4 Å². The van der Waals surface area contributed by atoms with E-state index in [9.17, 15) is 4.79 Å². The topological polar surface area (TPSA) is 56.9 Å². The number of carbonyl (C=O) groups is 1. The number of amides is 1. The second-order valence-electron chi connectivity index (χ2n) is 6.02. The minimum absolute atomic E-state index is 0. The van der Waals surface area contributed by atoms with Gasteiger partial charge >= 0.3 is 0 Å². The van der Waals surface area contributed by atoms with Crippen molar-refractivity contribution in [2.45, 2.75) is 18.5 Å². The van der Waals surface area contributed by atoms with Crippen LogP contribution in [0.4, 0.5) is 0 Å². The Kier molecular flexibility index (Phi) is 4.60. The van der Waals surface area contributed by atoms with Crippen LogP contribution in [0.3, 0.4) is 0 Å².